The van der Waals surface area contributed by atoms with Crippen molar-refractivity contribution in [3.63, 3.8) is 0 Å². The molecule has 2 N–H and O–H groups in total. The average molecular weight is 262 g/mol. The first kappa shape index (κ1) is 13.1. The van der Waals surface area contributed by atoms with Crippen LogP contribution in [0.4, 0.5) is 0 Å². The topological polar surface area (TPSA) is 48.1 Å². The van der Waals surface area contributed by atoms with Crippen LogP contribution < -0.4 is 10.5 Å². The second-order valence-electron chi connectivity index (χ2n) is 4.28. The molecule has 2 aromatic rings. The van der Waals surface area contributed by atoms with Crippen LogP contribution in [-0.2, 0) is 12.8 Å². The Labute approximate surface area is 112 Å². The molecule has 0 spiro atoms. The van der Waals surface area contributed by atoms with Gasteiger partial charge in [0.2, 0.25) is 0 Å². The molecule has 3 nitrogen and oxygen atoms in total. The third kappa shape index (κ3) is 3.55. The summed E-state index contributed by atoms with van der Waals surface area (Å²) in [7, 11) is 1.68. The Hall–Kier alpha value is -1.39. The van der Waals surface area contributed by atoms with Crippen molar-refractivity contribution in [1.82, 2.24) is 4.98 Å². The zero-order chi connectivity index (χ0) is 12.8. The molecule has 0 saturated heterocycles. The second kappa shape index (κ2) is 6.52. The maximum absolute atomic E-state index is 5.85. The van der Waals surface area contributed by atoms with Crippen molar-refractivity contribution in [2.45, 2.75) is 12.8 Å². The van der Waals surface area contributed by atoms with Gasteiger partial charge in [-0.15, -0.1) is 11.3 Å². The molecule has 4 heteroatoms. The maximum atomic E-state index is 5.85. The minimum atomic E-state index is 0.449. The Morgan fingerprint density at radius 1 is 1.28 bits per heavy atom. The number of thiazole rings is 1. The normalized spacial score (nSPS) is 12.3. The Bertz CT molecular complexity index is 453. The van der Waals surface area contributed by atoms with Crippen molar-refractivity contribution in [2.75, 3.05) is 13.7 Å². The maximum Gasteiger partial charge on any atom is 0.118 e. The van der Waals surface area contributed by atoms with E-state index >= 15 is 0 Å². The highest BCUT2D eigenvalue weighted by molar-refractivity contribution is 7.09. The molecule has 1 heterocycles. The molecule has 0 bridgehead atoms. The van der Waals surface area contributed by atoms with Gasteiger partial charge in [0.15, 0.2) is 0 Å². The third-order valence-electron chi connectivity index (χ3n) is 2.96. The number of benzene rings is 1. The van der Waals surface area contributed by atoms with E-state index < -0.39 is 0 Å². The molecule has 96 valence electrons. The number of hydrogen-bond donors (Lipinski definition) is 1. The van der Waals surface area contributed by atoms with Crippen molar-refractivity contribution in [2.24, 2.45) is 11.7 Å². The van der Waals surface area contributed by atoms with Crippen LogP contribution in [0, 0.1) is 5.92 Å². The van der Waals surface area contributed by atoms with Crippen LogP contribution in [0.1, 0.15) is 10.6 Å². The summed E-state index contributed by atoms with van der Waals surface area (Å²) in [6.07, 6.45) is 3.79. The zero-order valence-electron chi connectivity index (χ0n) is 10.5. The first-order valence-corrected chi connectivity index (χ1v) is 6.91. The molecule has 0 aliphatic carbocycles. The second-order valence-corrected chi connectivity index (χ2v) is 5.26. The number of rotatable bonds is 6. The molecule has 1 aromatic heterocycles. The summed E-state index contributed by atoms with van der Waals surface area (Å²) in [4.78, 5) is 4.32. The lowest BCUT2D eigenvalue weighted by Gasteiger charge is -2.13. The molecule has 0 saturated carbocycles. The van der Waals surface area contributed by atoms with Crippen LogP contribution in [0.2, 0.25) is 0 Å². The number of nitrogens with zero attached hydrogens (tertiary/aromatic N) is 1. The van der Waals surface area contributed by atoms with Crippen molar-refractivity contribution in [3.8, 4) is 5.75 Å². The lowest BCUT2D eigenvalue weighted by Crippen LogP contribution is -2.19. The van der Waals surface area contributed by atoms with Crippen LogP contribution >= 0.6 is 11.3 Å². The predicted octanol–water partition coefficient (Wildman–Crippen LogP) is 2.51. The largest absolute Gasteiger partial charge is 0.497 e. The summed E-state index contributed by atoms with van der Waals surface area (Å²) >= 11 is 1.70. The molecule has 1 aromatic carbocycles. The minimum Gasteiger partial charge on any atom is -0.497 e. The van der Waals surface area contributed by atoms with E-state index in [2.05, 4.69) is 17.1 Å². The fraction of sp³-hybridized carbons (Fsp3) is 0.357. The molecular weight excluding hydrogens is 244 g/mol. The smallest absolute Gasteiger partial charge is 0.118 e. The first-order chi connectivity index (χ1) is 8.81. The lowest BCUT2D eigenvalue weighted by atomic mass is 9.96. The summed E-state index contributed by atoms with van der Waals surface area (Å²) in [5.74, 6) is 1.34. The predicted molar refractivity (Wildman–Crippen MR) is 75.1 cm³/mol. The summed E-state index contributed by atoms with van der Waals surface area (Å²) in [5, 5.41) is 3.18. The van der Waals surface area contributed by atoms with Crippen molar-refractivity contribution in [3.05, 3.63) is 46.4 Å². The van der Waals surface area contributed by atoms with Gasteiger partial charge < -0.3 is 10.5 Å². The van der Waals surface area contributed by atoms with Gasteiger partial charge in [-0.3, -0.25) is 0 Å². The number of ether oxygens (including phenoxy) is 1. The molecule has 0 aliphatic rings. The summed E-state index contributed by atoms with van der Waals surface area (Å²) in [6, 6.07) is 8.19. The van der Waals surface area contributed by atoms with Crippen LogP contribution in [0.25, 0.3) is 0 Å². The van der Waals surface area contributed by atoms with Gasteiger partial charge in [-0.2, -0.15) is 0 Å². The van der Waals surface area contributed by atoms with Crippen molar-refractivity contribution >= 4 is 11.3 Å². The Morgan fingerprint density at radius 3 is 2.61 bits per heavy atom. The van der Waals surface area contributed by atoms with E-state index in [0.717, 1.165) is 18.6 Å². The van der Waals surface area contributed by atoms with E-state index in [4.69, 9.17) is 10.5 Å². The molecule has 1 unspecified atom stereocenters. The molecular formula is C14H18N2OS. The Balaban J connectivity index is 1.96. The quantitative estimate of drug-likeness (QED) is 0.870. The zero-order valence-corrected chi connectivity index (χ0v) is 11.3. The van der Waals surface area contributed by atoms with E-state index in [1.807, 2.05) is 23.7 Å². The van der Waals surface area contributed by atoms with Gasteiger partial charge in [-0.05, 0) is 36.6 Å². The molecule has 0 radical (unpaired) electrons. The van der Waals surface area contributed by atoms with Crippen LogP contribution in [0.5, 0.6) is 5.75 Å². The SMILES string of the molecule is COc1ccc(CC(CN)Cc2nccs2)cc1. The van der Waals surface area contributed by atoms with E-state index in [0.29, 0.717) is 12.5 Å². The van der Waals surface area contributed by atoms with Gasteiger partial charge in [0, 0.05) is 18.0 Å². The first-order valence-electron chi connectivity index (χ1n) is 6.03. The molecule has 0 amide bonds. The van der Waals surface area contributed by atoms with Gasteiger partial charge in [0.1, 0.15) is 5.75 Å². The van der Waals surface area contributed by atoms with Crippen LogP contribution in [0.15, 0.2) is 35.8 Å². The van der Waals surface area contributed by atoms with E-state index in [1.165, 1.54) is 10.6 Å². The molecule has 18 heavy (non-hydrogen) atoms. The standard InChI is InChI=1S/C14H18N2OS/c1-17-13-4-2-11(3-5-13)8-12(10-15)9-14-16-6-7-18-14/h2-7,12H,8-10,15H2,1H3. The highest BCUT2D eigenvalue weighted by Crippen LogP contribution is 2.18. The summed E-state index contributed by atoms with van der Waals surface area (Å²) < 4.78 is 5.15. The Kier molecular flexibility index (Phi) is 4.73. The van der Waals surface area contributed by atoms with Gasteiger partial charge in [-0.1, -0.05) is 12.1 Å². The lowest BCUT2D eigenvalue weighted by molar-refractivity contribution is 0.414. The molecule has 1 atom stereocenters. The van der Waals surface area contributed by atoms with Gasteiger partial charge in [0.25, 0.3) is 0 Å². The molecule has 0 aliphatic heterocycles. The van der Waals surface area contributed by atoms with Gasteiger partial charge in [-0.25, -0.2) is 4.98 Å². The van der Waals surface area contributed by atoms with Crippen molar-refractivity contribution < 1.29 is 4.74 Å². The van der Waals surface area contributed by atoms with Crippen molar-refractivity contribution in [1.29, 1.82) is 0 Å². The summed E-state index contributed by atoms with van der Waals surface area (Å²) in [6.45, 7) is 0.686. The van der Waals surface area contributed by atoms with Crippen LogP contribution in [-0.4, -0.2) is 18.6 Å². The number of nitrogens with two attached hydrogens (primary N) is 1. The monoisotopic (exact) mass is 262 g/mol. The van der Waals surface area contributed by atoms with Crippen LogP contribution in [0.3, 0.4) is 0 Å². The number of methoxy groups -OCH3 is 1. The minimum absolute atomic E-state index is 0.449. The van der Waals surface area contributed by atoms with Gasteiger partial charge >= 0.3 is 0 Å². The highest BCUT2D eigenvalue weighted by atomic mass is 32.1. The van der Waals surface area contributed by atoms with E-state index in [9.17, 15) is 0 Å². The number of aromatic nitrogens is 1. The average Bonchev–Trinajstić information content (AvgIpc) is 2.91. The summed E-state index contributed by atoms with van der Waals surface area (Å²) in [5.41, 5.74) is 7.14. The van der Waals surface area contributed by atoms with E-state index in [-0.39, 0.29) is 0 Å². The fourth-order valence-electron chi connectivity index (χ4n) is 1.93. The van der Waals surface area contributed by atoms with E-state index in [1.54, 1.807) is 18.4 Å². The van der Waals surface area contributed by atoms with Gasteiger partial charge in [0.05, 0.1) is 12.1 Å². The highest BCUT2D eigenvalue weighted by Gasteiger charge is 2.10. The fourth-order valence-corrected chi connectivity index (χ4v) is 2.67. The third-order valence-corrected chi connectivity index (χ3v) is 3.77. The number of hydrogen-bond acceptors (Lipinski definition) is 4. The Morgan fingerprint density at radius 2 is 2.06 bits per heavy atom. The molecule has 2 rings (SSSR count). The molecule has 0 fully saturated rings.